The molecule has 0 amide bonds. The Morgan fingerprint density at radius 2 is 2.00 bits per heavy atom. The van der Waals surface area contributed by atoms with Gasteiger partial charge in [-0.1, -0.05) is 25.5 Å². The molecule has 136 valence electrons. The van der Waals surface area contributed by atoms with Gasteiger partial charge in [-0.25, -0.2) is 0 Å². The van der Waals surface area contributed by atoms with E-state index in [1.54, 1.807) is 7.11 Å². The summed E-state index contributed by atoms with van der Waals surface area (Å²) in [5.41, 5.74) is 1.22. The van der Waals surface area contributed by atoms with Crippen molar-refractivity contribution in [3.63, 3.8) is 0 Å². The molecule has 0 heterocycles. The summed E-state index contributed by atoms with van der Waals surface area (Å²) < 4.78 is 5.36. The molecule has 0 saturated heterocycles. The second kappa shape index (κ2) is 10.9. The van der Waals surface area contributed by atoms with E-state index in [2.05, 4.69) is 62.2 Å². The lowest BCUT2D eigenvalue weighted by Crippen LogP contribution is -2.40. The highest BCUT2D eigenvalue weighted by Crippen LogP contribution is 2.23. The van der Waals surface area contributed by atoms with Gasteiger partial charge in [0, 0.05) is 20.1 Å². The molecule has 1 aromatic rings. The molecule has 1 atom stereocenters. The maximum Gasteiger partial charge on any atom is 0.193 e. The Hall–Kier alpha value is -1.75. The van der Waals surface area contributed by atoms with Crippen molar-refractivity contribution in [2.75, 3.05) is 47.9 Å². The number of rotatable bonds is 9. The summed E-state index contributed by atoms with van der Waals surface area (Å²) in [7, 11) is 7.99. The molecular weight excluding hydrogens is 300 g/mol. The van der Waals surface area contributed by atoms with E-state index in [0.29, 0.717) is 6.54 Å². The summed E-state index contributed by atoms with van der Waals surface area (Å²) in [6.45, 7) is 6.92. The molecule has 1 N–H and O–H groups in total. The van der Waals surface area contributed by atoms with Crippen LogP contribution in [0.3, 0.4) is 0 Å². The van der Waals surface area contributed by atoms with Gasteiger partial charge in [0.1, 0.15) is 5.75 Å². The number of unbranched alkanes of at least 4 members (excludes halogenated alkanes) is 1. The molecule has 0 saturated carbocycles. The van der Waals surface area contributed by atoms with Gasteiger partial charge in [-0.05, 0) is 45.1 Å². The van der Waals surface area contributed by atoms with Gasteiger partial charge >= 0.3 is 0 Å². The molecule has 24 heavy (non-hydrogen) atoms. The van der Waals surface area contributed by atoms with E-state index in [1.807, 2.05) is 12.1 Å². The van der Waals surface area contributed by atoms with E-state index in [1.165, 1.54) is 18.4 Å². The average Bonchev–Trinajstić information content (AvgIpc) is 2.58. The predicted octanol–water partition coefficient (Wildman–Crippen LogP) is 3.00. The normalized spacial score (nSPS) is 13.0. The first-order chi connectivity index (χ1) is 11.5. The third kappa shape index (κ3) is 6.40. The molecule has 1 unspecified atom stereocenters. The number of benzene rings is 1. The van der Waals surface area contributed by atoms with Gasteiger partial charge in [0.05, 0.1) is 19.7 Å². The number of ether oxygens (including phenoxy) is 1. The lowest BCUT2D eigenvalue weighted by molar-refractivity contribution is 0.304. The van der Waals surface area contributed by atoms with Crippen LogP contribution in [-0.4, -0.2) is 63.6 Å². The number of guanidine groups is 1. The standard InChI is InChI=1S/C19H34N4O/c1-7-9-13-23(5)19(20-8-2)21-15-18(22(3)4)16-11-10-12-17(14-16)24-6/h10-12,14,18H,7-9,13,15H2,1-6H3,(H,20,21). The Kier molecular flexibility index (Phi) is 9.23. The highest BCUT2D eigenvalue weighted by atomic mass is 16.5. The summed E-state index contributed by atoms with van der Waals surface area (Å²) in [6.07, 6.45) is 2.36. The zero-order chi connectivity index (χ0) is 17.9. The van der Waals surface area contributed by atoms with Crippen molar-refractivity contribution >= 4 is 5.96 Å². The van der Waals surface area contributed by atoms with Crippen molar-refractivity contribution in [2.45, 2.75) is 32.7 Å². The van der Waals surface area contributed by atoms with E-state index < -0.39 is 0 Å². The number of nitrogens with one attached hydrogen (secondary N) is 1. The largest absolute Gasteiger partial charge is 0.497 e. The Bertz CT molecular complexity index is 502. The quantitative estimate of drug-likeness (QED) is 0.557. The van der Waals surface area contributed by atoms with Crippen LogP contribution in [-0.2, 0) is 0 Å². The molecule has 5 nitrogen and oxygen atoms in total. The molecule has 0 spiro atoms. The highest BCUT2D eigenvalue weighted by Gasteiger charge is 2.15. The first kappa shape index (κ1) is 20.3. The molecule has 0 aliphatic heterocycles. The summed E-state index contributed by atoms with van der Waals surface area (Å²) in [6, 6.07) is 8.45. The van der Waals surface area contributed by atoms with Gasteiger partial charge in [0.2, 0.25) is 0 Å². The predicted molar refractivity (Wildman–Crippen MR) is 103 cm³/mol. The molecule has 0 aliphatic rings. The maximum absolute atomic E-state index is 5.36. The minimum Gasteiger partial charge on any atom is -0.497 e. The van der Waals surface area contributed by atoms with Crippen LogP contribution in [0, 0.1) is 0 Å². The maximum atomic E-state index is 5.36. The number of nitrogens with zero attached hydrogens (tertiary/aromatic N) is 3. The topological polar surface area (TPSA) is 40.1 Å². The third-order valence-electron chi connectivity index (χ3n) is 4.06. The fourth-order valence-electron chi connectivity index (χ4n) is 2.56. The minimum atomic E-state index is 0.216. The van der Waals surface area contributed by atoms with Crippen LogP contribution in [0.25, 0.3) is 0 Å². The molecule has 0 bridgehead atoms. The minimum absolute atomic E-state index is 0.216. The number of aliphatic imine (C=N–C) groups is 1. The Morgan fingerprint density at radius 1 is 1.25 bits per heavy atom. The molecule has 1 aromatic carbocycles. The van der Waals surface area contributed by atoms with Crippen molar-refractivity contribution in [2.24, 2.45) is 4.99 Å². The van der Waals surface area contributed by atoms with Crippen LogP contribution in [0.1, 0.15) is 38.3 Å². The second-order valence-corrected chi connectivity index (χ2v) is 6.23. The summed E-state index contributed by atoms with van der Waals surface area (Å²) >= 11 is 0. The SMILES string of the molecule is CCCCN(C)C(=NCC(c1cccc(OC)c1)N(C)C)NCC. The van der Waals surface area contributed by atoms with Crippen LogP contribution in [0.4, 0.5) is 0 Å². The third-order valence-corrected chi connectivity index (χ3v) is 4.06. The van der Waals surface area contributed by atoms with Crippen molar-refractivity contribution in [3.8, 4) is 5.75 Å². The smallest absolute Gasteiger partial charge is 0.193 e. The second-order valence-electron chi connectivity index (χ2n) is 6.23. The number of hydrogen-bond donors (Lipinski definition) is 1. The van der Waals surface area contributed by atoms with Crippen LogP contribution in [0.2, 0.25) is 0 Å². The average molecular weight is 335 g/mol. The van der Waals surface area contributed by atoms with Crippen molar-refractivity contribution in [1.29, 1.82) is 0 Å². The van der Waals surface area contributed by atoms with Crippen molar-refractivity contribution in [1.82, 2.24) is 15.1 Å². The van der Waals surface area contributed by atoms with Crippen LogP contribution < -0.4 is 10.1 Å². The van der Waals surface area contributed by atoms with Crippen molar-refractivity contribution in [3.05, 3.63) is 29.8 Å². The molecular formula is C19H34N4O. The first-order valence-electron chi connectivity index (χ1n) is 8.83. The van der Waals surface area contributed by atoms with Gasteiger partial charge in [-0.15, -0.1) is 0 Å². The summed E-state index contributed by atoms with van der Waals surface area (Å²) in [4.78, 5) is 9.28. The van der Waals surface area contributed by atoms with Gasteiger partial charge in [-0.2, -0.15) is 0 Å². The molecule has 0 fully saturated rings. The number of hydrogen-bond acceptors (Lipinski definition) is 3. The lowest BCUT2D eigenvalue weighted by Gasteiger charge is -2.26. The van der Waals surface area contributed by atoms with Crippen LogP contribution >= 0.6 is 0 Å². The number of likely N-dealkylation sites (N-methyl/N-ethyl adjacent to an activating group) is 1. The Morgan fingerprint density at radius 3 is 2.58 bits per heavy atom. The Labute approximate surface area is 147 Å². The number of methoxy groups -OCH3 is 1. The summed E-state index contributed by atoms with van der Waals surface area (Å²) in [5.74, 6) is 1.86. The van der Waals surface area contributed by atoms with E-state index in [0.717, 1.165) is 24.8 Å². The fourth-order valence-corrected chi connectivity index (χ4v) is 2.56. The zero-order valence-electron chi connectivity index (χ0n) is 16.2. The lowest BCUT2D eigenvalue weighted by atomic mass is 10.1. The van der Waals surface area contributed by atoms with Gasteiger partial charge in [-0.3, -0.25) is 4.99 Å². The van der Waals surface area contributed by atoms with Crippen LogP contribution in [0.5, 0.6) is 5.75 Å². The monoisotopic (exact) mass is 334 g/mol. The Balaban J connectivity index is 2.91. The molecule has 0 aliphatic carbocycles. The summed E-state index contributed by atoms with van der Waals surface area (Å²) in [5, 5.41) is 3.39. The van der Waals surface area contributed by atoms with E-state index in [4.69, 9.17) is 9.73 Å². The zero-order valence-corrected chi connectivity index (χ0v) is 16.2. The van der Waals surface area contributed by atoms with E-state index in [9.17, 15) is 0 Å². The molecule has 1 rings (SSSR count). The van der Waals surface area contributed by atoms with Gasteiger partial charge in [0.15, 0.2) is 5.96 Å². The van der Waals surface area contributed by atoms with Crippen LogP contribution in [0.15, 0.2) is 29.3 Å². The molecule has 0 aromatic heterocycles. The van der Waals surface area contributed by atoms with Gasteiger partial charge in [0.25, 0.3) is 0 Å². The van der Waals surface area contributed by atoms with Crippen molar-refractivity contribution < 1.29 is 4.74 Å². The highest BCUT2D eigenvalue weighted by molar-refractivity contribution is 5.79. The molecule has 0 radical (unpaired) electrons. The molecule has 5 heteroatoms. The van der Waals surface area contributed by atoms with Gasteiger partial charge < -0.3 is 19.9 Å². The first-order valence-corrected chi connectivity index (χ1v) is 8.83. The van der Waals surface area contributed by atoms with E-state index >= 15 is 0 Å². The van der Waals surface area contributed by atoms with E-state index in [-0.39, 0.29) is 6.04 Å². The fraction of sp³-hybridized carbons (Fsp3) is 0.632.